The smallest absolute Gasteiger partial charge is 0.259 e. The molecule has 0 aromatic heterocycles. The summed E-state index contributed by atoms with van der Waals surface area (Å²) in [4.78, 5) is 17.0. The number of benzene rings is 1. The van der Waals surface area contributed by atoms with Crippen molar-refractivity contribution >= 4 is 17.7 Å². The van der Waals surface area contributed by atoms with Crippen LogP contribution in [0.1, 0.15) is 83.6 Å². The molecule has 0 saturated heterocycles. The number of nitriles is 3. The SMILES string of the molecule is CCCCCCN(CCCCCCO)c1ccc(/C=C/C2=C(C#N)C(=C(C#N)C#N)N(CCCC)C2=O)cc1. The van der Waals surface area contributed by atoms with Gasteiger partial charge in [0.25, 0.3) is 5.91 Å². The van der Waals surface area contributed by atoms with Crippen LogP contribution in [0.5, 0.6) is 0 Å². The van der Waals surface area contributed by atoms with E-state index in [0.717, 1.165) is 62.9 Å². The lowest BCUT2D eigenvalue weighted by molar-refractivity contribution is -0.124. The third-order valence-electron chi connectivity index (χ3n) is 6.88. The Balaban J connectivity index is 2.25. The molecule has 0 radical (unpaired) electrons. The molecule has 1 amide bonds. The Hall–Kier alpha value is -3.86. The van der Waals surface area contributed by atoms with Crippen molar-refractivity contribution in [3.63, 3.8) is 0 Å². The highest BCUT2D eigenvalue weighted by Crippen LogP contribution is 2.33. The van der Waals surface area contributed by atoms with Crippen LogP contribution in [0.15, 0.2) is 52.8 Å². The highest BCUT2D eigenvalue weighted by molar-refractivity contribution is 6.05. The van der Waals surface area contributed by atoms with Crippen LogP contribution in [0.2, 0.25) is 0 Å². The lowest BCUT2D eigenvalue weighted by atomic mass is 10.1. The van der Waals surface area contributed by atoms with Crippen LogP contribution >= 0.6 is 0 Å². The number of aliphatic hydroxyl groups is 1. The van der Waals surface area contributed by atoms with E-state index in [1.54, 1.807) is 12.2 Å². The molecule has 0 bridgehead atoms. The van der Waals surface area contributed by atoms with E-state index in [1.807, 2.05) is 31.2 Å². The highest BCUT2D eigenvalue weighted by Gasteiger charge is 2.36. The van der Waals surface area contributed by atoms with Crippen LogP contribution in [0.4, 0.5) is 5.69 Å². The maximum atomic E-state index is 13.2. The molecule has 1 aromatic carbocycles. The number of anilines is 1. The van der Waals surface area contributed by atoms with Gasteiger partial charge in [-0.05, 0) is 49.5 Å². The van der Waals surface area contributed by atoms with E-state index in [2.05, 4.69) is 30.0 Å². The van der Waals surface area contributed by atoms with E-state index in [-0.39, 0.29) is 34.9 Å². The minimum atomic E-state index is -0.356. The van der Waals surface area contributed by atoms with Crippen LogP contribution in [-0.4, -0.2) is 42.2 Å². The Morgan fingerprint density at radius 3 is 2.05 bits per heavy atom. The average Bonchev–Trinajstić information content (AvgIpc) is 3.22. The van der Waals surface area contributed by atoms with Gasteiger partial charge in [0.1, 0.15) is 18.2 Å². The van der Waals surface area contributed by atoms with Gasteiger partial charge in [-0.3, -0.25) is 4.79 Å². The zero-order valence-electron chi connectivity index (χ0n) is 23.5. The fraction of sp³-hybridized carbons (Fsp3) is 0.500. The predicted octanol–water partition coefficient (Wildman–Crippen LogP) is 6.40. The monoisotopic (exact) mass is 527 g/mol. The van der Waals surface area contributed by atoms with E-state index in [9.17, 15) is 20.6 Å². The van der Waals surface area contributed by atoms with E-state index in [1.165, 1.54) is 24.2 Å². The largest absolute Gasteiger partial charge is 0.396 e. The number of hydrogen-bond donors (Lipinski definition) is 1. The normalized spacial score (nSPS) is 13.1. The first-order valence-corrected chi connectivity index (χ1v) is 14.2. The van der Waals surface area contributed by atoms with E-state index in [0.29, 0.717) is 13.0 Å². The first kappa shape index (κ1) is 31.4. The molecule has 1 aliphatic heterocycles. The molecule has 1 N–H and O–H groups in total. The van der Waals surface area contributed by atoms with Crippen molar-refractivity contribution in [1.82, 2.24) is 4.90 Å². The average molecular weight is 528 g/mol. The number of hydrogen-bond acceptors (Lipinski definition) is 6. The van der Waals surface area contributed by atoms with Gasteiger partial charge in [-0.15, -0.1) is 0 Å². The van der Waals surface area contributed by atoms with Crippen molar-refractivity contribution in [2.24, 2.45) is 0 Å². The second kappa shape index (κ2) is 17.6. The quantitative estimate of drug-likeness (QED) is 0.185. The van der Waals surface area contributed by atoms with Gasteiger partial charge in [0.05, 0.1) is 16.8 Å². The van der Waals surface area contributed by atoms with Crippen molar-refractivity contribution < 1.29 is 9.90 Å². The maximum Gasteiger partial charge on any atom is 0.259 e. The molecule has 0 atom stereocenters. The molecule has 1 heterocycles. The number of carbonyl (C=O) groups is 1. The fourth-order valence-corrected chi connectivity index (χ4v) is 4.65. The third-order valence-corrected chi connectivity index (χ3v) is 6.88. The molecule has 0 fully saturated rings. The first-order valence-electron chi connectivity index (χ1n) is 14.2. The van der Waals surface area contributed by atoms with E-state index in [4.69, 9.17) is 5.11 Å². The molecule has 1 aliphatic rings. The number of nitrogens with zero attached hydrogens (tertiary/aromatic N) is 5. The lowest BCUT2D eigenvalue weighted by Crippen LogP contribution is -2.27. The maximum absolute atomic E-state index is 13.2. The Labute approximate surface area is 233 Å². The molecule has 0 unspecified atom stereocenters. The fourth-order valence-electron chi connectivity index (χ4n) is 4.65. The molecule has 206 valence electrons. The summed E-state index contributed by atoms with van der Waals surface area (Å²) in [5.41, 5.74) is 2.22. The van der Waals surface area contributed by atoms with Crippen molar-refractivity contribution in [1.29, 1.82) is 15.8 Å². The summed E-state index contributed by atoms with van der Waals surface area (Å²) in [5.74, 6) is -0.356. The topological polar surface area (TPSA) is 115 Å². The van der Waals surface area contributed by atoms with Crippen LogP contribution in [0, 0.1) is 34.0 Å². The molecule has 7 heteroatoms. The van der Waals surface area contributed by atoms with Crippen molar-refractivity contribution in [2.75, 3.05) is 31.1 Å². The second-order valence-electron chi connectivity index (χ2n) is 9.77. The predicted molar refractivity (Wildman–Crippen MR) is 155 cm³/mol. The molecular weight excluding hydrogens is 486 g/mol. The number of carbonyl (C=O) groups excluding carboxylic acids is 1. The lowest BCUT2D eigenvalue weighted by Gasteiger charge is -2.25. The van der Waals surface area contributed by atoms with Crippen LogP contribution in [0.25, 0.3) is 6.08 Å². The van der Waals surface area contributed by atoms with Crippen molar-refractivity contribution in [3.8, 4) is 18.2 Å². The zero-order chi connectivity index (χ0) is 28.5. The highest BCUT2D eigenvalue weighted by atomic mass is 16.2. The molecule has 7 nitrogen and oxygen atoms in total. The van der Waals surface area contributed by atoms with Crippen molar-refractivity contribution in [3.05, 3.63) is 58.3 Å². The molecule has 2 rings (SSSR count). The molecular formula is C32H41N5O2. The van der Waals surface area contributed by atoms with Gasteiger partial charge in [-0.2, -0.15) is 15.8 Å². The number of aliphatic hydroxyl groups excluding tert-OH is 1. The summed E-state index contributed by atoms with van der Waals surface area (Å²) in [5, 5.41) is 37.7. The Morgan fingerprint density at radius 1 is 0.872 bits per heavy atom. The third kappa shape index (κ3) is 9.13. The number of unbranched alkanes of at least 4 members (excludes halogenated alkanes) is 7. The molecule has 0 spiro atoms. The Kier molecular flexibility index (Phi) is 14.2. The van der Waals surface area contributed by atoms with Gasteiger partial charge in [-0.25, -0.2) is 0 Å². The minimum absolute atomic E-state index is 0.0709. The molecule has 1 aromatic rings. The first-order chi connectivity index (χ1) is 19.1. The van der Waals surface area contributed by atoms with E-state index < -0.39 is 0 Å². The number of amides is 1. The molecule has 39 heavy (non-hydrogen) atoms. The Morgan fingerprint density at radius 2 is 1.49 bits per heavy atom. The number of allylic oxidation sites excluding steroid dienone is 2. The summed E-state index contributed by atoms with van der Waals surface area (Å²) in [6.45, 7) is 6.79. The van der Waals surface area contributed by atoms with Crippen LogP contribution < -0.4 is 4.90 Å². The second-order valence-corrected chi connectivity index (χ2v) is 9.77. The van der Waals surface area contributed by atoms with Crippen LogP contribution in [-0.2, 0) is 4.79 Å². The van der Waals surface area contributed by atoms with Gasteiger partial charge >= 0.3 is 0 Å². The number of rotatable bonds is 17. The van der Waals surface area contributed by atoms with Gasteiger partial charge in [0.2, 0.25) is 0 Å². The summed E-state index contributed by atoms with van der Waals surface area (Å²) in [7, 11) is 0. The summed E-state index contributed by atoms with van der Waals surface area (Å²) >= 11 is 0. The molecule has 0 saturated carbocycles. The van der Waals surface area contributed by atoms with E-state index >= 15 is 0 Å². The minimum Gasteiger partial charge on any atom is -0.396 e. The summed E-state index contributed by atoms with van der Waals surface area (Å²) in [6, 6.07) is 13.9. The van der Waals surface area contributed by atoms with Gasteiger partial charge in [-0.1, -0.05) is 70.6 Å². The summed E-state index contributed by atoms with van der Waals surface area (Å²) in [6.07, 6.45) is 13.8. The van der Waals surface area contributed by atoms with Gasteiger partial charge in [0, 0.05) is 31.9 Å². The molecule has 0 aliphatic carbocycles. The van der Waals surface area contributed by atoms with Crippen LogP contribution in [0.3, 0.4) is 0 Å². The zero-order valence-corrected chi connectivity index (χ0v) is 23.5. The standard InChI is InChI=1S/C32H41N5O2/c1-3-5-7-10-19-36(20-11-8-9-12-22-38)28-16-13-26(14-17-28)15-18-29-30(25-35)31(27(23-33)24-34)37(32(29)39)21-6-4-2/h13-18,38H,3-12,19-22H2,1-2H3/b18-15+. The van der Waals surface area contributed by atoms with Crippen molar-refractivity contribution in [2.45, 2.75) is 78.1 Å². The Bertz CT molecular complexity index is 1140. The summed E-state index contributed by atoms with van der Waals surface area (Å²) < 4.78 is 0. The van der Waals surface area contributed by atoms with Gasteiger partial charge in [0.15, 0.2) is 5.57 Å². The van der Waals surface area contributed by atoms with Gasteiger partial charge < -0.3 is 14.9 Å².